The van der Waals surface area contributed by atoms with Gasteiger partial charge in [0.15, 0.2) is 12.2 Å². The lowest BCUT2D eigenvalue weighted by Crippen LogP contribution is -2.49. The van der Waals surface area contributed by atoms with Crippen LogP contribution in [0.3, 0.4) is 0 Å². The second-order valence-electron chi connectivity index (χ2n) is 10.6. The highest BCUT2D eigenvalue weighted by Crippen LogP contribution is 2.22. The molecule has 3 aromatic carbocycles. The van der Waals surface area contributed by atoms with Gasteiger partial charge in [-0.05, 0) is 48.4 Å². The summed E-state index contributed by atoms with van der Waals surface area (Å²) in [5, 5.41) is 26.0. The van der Waals surface area contributed by atoms with Gasteiger partial charge in [0.1, 0.15) is 12.4 Å². The number of aliphatic carboxylic acids is 2. The first-order chi connectivity index (χ1) is 20.9. The summed E-state index contributed by atoms with van der Waals surface area (Å²) >= 11 is 0. The van der Waals surface area contributed by atoms with Gasteiger partial charge >= 0.3 is 11.9 Å². The van der Waals surface area contributed by atoms with Crippen molar-refractivity contribution in [3.63, 3.8) is 0 Å². The molecule has 228 valence electrons. The number of rotatable bonds is 19. The van der Waals surface area contributed by atoms with Gasteiger partial charge in [0, 0.05) is 30.3 Å². The Morgan fingerprint density at radius 3 is 2.26 bits per heavy atom. The number of carbonyl (C=O) groups excluding carboxylic acids is 1. The molecule has 0 spiro atoms. The van der Waals surface area contributed by atoms with E-state index in [4.69, 9.17) is 19.0 Å². The number of nitrogens with one attached hydrogen (secondary N) is 1. The van der Waals surface area contributed by atoms with Crippen molar-refractivity contribution in [3.05, 3.63) is 84.3 Å². The third-order valence-electron chi connectivity index (χ3n) is 7.35. The molecule has 0 saturated carbocycles. The Hall–Kier alpha value is -4.21. The van der Waals surface area contributed by atoms with Crippen LogP contribution in [-0.4, -0.2) is 60.0 Å². The van der Waals surface area contributed by atoms with Crippen molar-refractivity contribution >= 4 is 39.4 Å². The third kappa shape index (κ3) is 9.66. The molecule has 0 aliphatic carbocycles. The summed E-state index contributed by atoms with van der Waals surface area (Å²) in [6, 6.07) is 22.6. The van der Waals surface area contributed by atoms with Crippen LogP contribution < -0.4 is 5.32 Å². The molecule has 1 aromatic heterocycles. The molecule has 0 aliphatic heterocycles. The van der Waals surface area contributed by atoms with E-state index >= 15 is 0 Å². The Bertz CT molecular complexity index is 1500. The molecular formula is C34H39NO8. The van der Waals surface area contributed by atoms with Crippen molar-refractivity contribution in [1.82, 2.24) is 5.32 Å². The number of fused-ring (bicyclic) bond motifs is 2. The minimum absolute atomic E-state index is 0.146. The maximum atomic E-state index is 13.0. The highest BCUT2D eigenvalue weighted by atomic mass is 16.6. The Kier molecular flexibility index (Phi) is 12.1. The number of unbranched alkanes of at least 4 members (excludes halogenated alkanes) is 4. The van der Waals surface area contributed by atoms with E-state index in [1.165, 1.54) is 16.3 Å². The van der Waals surface area contributed by atoms with Crippen LogP contribution in [0.1, 0.15) is 49.8 Å². The molecule has 1 amide bonds. The van der Waals surface area contributed by atoms with Crippen LogP contribution in [-0.2, 0) is 36.7 Å². The van der Waals surface area contributed by atoms with E-state index in [0.717, 1.165) is 55.1 Å². The molecule has 0 radical (unpaired) electrons. The molecule has 1 heterocycles. The van der Waals surface area contributed by atoms with E-state index in [2.05, 4.69) is 35.6 Å². The maximum Gasteiger partial charge on any atom is 0.336 e. The fourth-order valence-electron chi connectivity index (χ4n) is 5.11. The molecule has 4 aromatic rings. The second-order valence-corrected chi connectivity index (χ2v) is 10.6. The van der Waals surface area contributed by atoms with Gasteiger partial charge in [-0.2, -0.15) is 0 Å². The molecule has 2 atom stereocenters. The van der Waals surface area contributed by atoms with Crippen molar-refractivity contribution in [2.45, 2.75) is 63.6 Å². The number of hydrogen-bond acceptors (Lipinski definition) is 6. The average Bonchev–Trinajstić information content (AvgIpc) is 3.42. The molecular weight excluding hydrogens is 550 g/mol. The van der Waals surface area contributed by atoms with Crippen LogP contribution in [0.4, 0.5) is 0 Å². The van der Waals surface area contributed by atoms with Crippen LogP contribution in [0.2, 0.25) is 0 Å². The zero-order valence-electron chi connectivity index (χ0n) is 24.2. The number of carboxylic acids is 2. The van der Waals surface area contributed by atoms with E-state index in [0.29, 0.717) is 19.4 Å². The maximum absolute atomic E-state index is 13.0. The molecule has 9 heteroatoms. The smallest absolute Gasteiger partial charge is 0.336 e. The monoisotopic (exact) mass is 589 g/mol. The number of carbonyl (C=O) groups is 3. The van der Waals surface area contributed by atoms with Crippen LogP contribution in [0.25, 0.3) is 21.5 Å². The van der Waals surface area contributed by atoms with E-state index < -0.39 is 36.7 Å². The quantitative estimate of drug-likeness (QED) is 0.117. The average molecular weight is 590 g/mol. The highest BCUT2D eigenvalue weighted by Gasteiger charge is 2.36. The molecule has 2 unspecified atom stereocenters. The zero-order chi connectivity index (χ0) is 30.4. The fraction of sp³-hybridized carbons (Fsp3) is 0.382. The SMILES string of the molecule is O=C(O)COC(C(=O)O)C(OCCCCCc1ccc2ccccc2c1)C(=O)NCCCCCc1occ2ccccc12. The predicted octanol–water partition coefficient (Wildman–Crippen LogP) is 5.77. The molecule has 4 rings (SSSR count). The van der Waals surface area contributed by atoms with Crippen molar-refractivity contribution in [1.29, 1.82) is 0 Å². The van der Waals surface area contributed by atoms with Gasteiger partial charge in [-0.1, -0.05) is 79.6 Å². The molecule has 9 nitrogen and oxygen atoms in total. The van der Waals surface area contributed by atoms with E-state index in [1.54, 1.807) is 6.26 Å². The van der Waals surface area contributed by atoms with Gasteiger partial charge in [0.2, 0.25) is 0 Å². The lowest BCUT2D eigenvalue weighted by molar-refractivity contribution is -0.172. The Morgan fingerprint density at radius 2 is 1.47 bits per heavy atom. The van der Waals surface area contributed by atoms with Crippen molar-refractivity contribution in [3.8, 4) is 0 Å². The highest BCUT2D eigenvalue weighted by molar-refractivity contribution is 5.88. The largest absolute Gasteiger partial charge is 0.480 e. The first-order valence-electron chi connectivity index (χ1n) is 14.8. The summed E-state index contributed by atoms with van der Waals surface area (Å²) in [5.74, 6) is -2.48. The van der Waals surface area contributed by atoms with Crippen molar-refractivity contribution < 1.29 is 38.5 Å². The second kappa shape index (κ2) is 16.4. The van der Waals surface area contributed by atoms with Crippen LogP contribution in [0.15, 0.2) is 77.4 Å². The molecule has 0 bridgehead atoms. The zero-order valence-corrected chi connectivity index (χ0v) is 24.2. The Labute approximate surface area is 250 Å². The fourth-order valence-corrected chi connectivity index (χ4v) is 5.11. The standard InChI is InChI=1S/C34H39NO8/c36-30(37)23-43-32(34(39)40)31(41-20-10-2-3-11-24-17-18-25-12-5-6-13-26(25)21-24)33(38)35-19-9-1-4-16-29-28-15-8-7-14-27(28)22-42-29/h5-8,12-15,17-18,21-22,31-32H,1-4,9-11,16,19-20,23H2,(H,35,38)(H,36,37)(H,39,40). The van der Waals surface area contributed by atoms with E-state index in [1.807, 2.05) is 36.4 Å². The summed E-state index contributed by atoms with van der Waals surface area (Å²) in [4.78, 5) is 35.9. The molecule has 0 aliphatic rings. The van der Waals surface area contributed by atoms with Crippen molar-refractivity contribution in [2.75, 3.05) is 19.8 Å². The van der Waals surface area contributed by atoms with Gasteiger partial charge in [-0.3, -0.25) is 4.79 Å². The van der Waals surface area contributed by atoms with Gasteiger partial charge in [0.05, 0.1) is 6.26 Å². The van der Waals surface area contributed by atoms with Crippen molar-refractivity contribution in [2.24, 2.45) is 0 Å². The lowest BCUT2D eigenvalue weighted by atomic mass is 10.0. The summed E-state index contributed by atoms with van der Waals surface area (Å²) in [5.41, 5.74) is 1.24. The Balaban J connectivity index is 1.21. The van der Waals surface area contributed by atoms with Crippen LogP contribution in [0, 0.1) is 0 Å². The number of furan rings is 1. The van der Waals surface area contributed by atoms with E-state index in [9.17, 15) is 19.5 Å². The minimum Gasteiger partial charge on any atom is -0.480 e. The minimum atomic E-state index is -1.74. The number of aryl methyl sites for hydroxylation is 2. The topological polar surface area (TPSA) is 135 Å². The lowest BCUT2D eigenvalue weighted by Gasteiger charge is -2.23. The summed E-state index contributed by atoms with van der Waals surface area (Å²) < 4.78 is 16.4. The van der Waals surface area contributed by atoms with Crippen LogP contribution in [0.5, 0.6) is 0 Å². The first-order valence-corrected chi connectivity index (χ1v) is 14.8. The molecule has 0 saturated heterocycles. The molecule has 3 N–H and O–H groups in total. The van der Waals surface area contributed by atoms with Gasteiger partial charge in [0.25, 0.3) is 5.91 Å². The third-order valence-corrected chi connectivity index (χ3v) is 7.35. The number of benzene rings is 3. The Morgan fingerprint density at radius 1 is 0.744 bits per heavy atom. The normalized spacial score (nSPS) is 12.7. The van der Waals surface area contributed by atoms with E-state index in [-0.39, 0.29) is 6.61 Å². The summed E-state index contributed by atoms with van der Waals surface area (Å²) in [7, 11) is 0. The van der Waals surface area contributed by atoms with Gasteiger partial charge in [-0.25, -0.2) is 9.59 Å². The molecule has 0 fully saturated rings. The first kappa shape index (κ1) is 31.7. The summed E-state index contributed by atoms with van der Waals surface area (Å²) in [6.07, 6.45) is 4.94. The predicted molar refractivity (Wildman–Crippen MR) is 163 cm³/mol. The van der Waals surface area contributed by atoms with Crippen LogP contribution >= 0.6 is 0 Å². The van der Waals surface area contributed by atoms with Gasteiger partial charge in [-0.15, -0.1) is 0 Å². The number of hydrogen-bond donors (Lipinski definition) is 3. The van der Waals surface area contributed by atoms with Gasteiger partial charge < -0.3 is 29.4 Å². The number of carboxylic acid groups (broad SMARTS) is 2. The molecule has 43 heavy (non-hydrogen) atoms. The number of ether oxygens (including phenoxy) is 2. The summed E-state index contributed by atoms with van der Waals surface area (Å²) in [6.45, 7) is -0.376. The number of amides is 1.